The highest BCUT2D eigenvalue weighted by atomic mass is 16.5. The molecule has 0 aliphatic carbocycles. The number of carbonyl (C=O) groups is 1. The van der Waals surface area contributed by atoms with Crippen LogP contribution in [-0.2, 0) is 6.42 Å². The Hall–Kier alpha value is -4.18. The summed E-state index contributed by atoms with van der Waals surface area (Å²) in [6.07, 6.45) is 0.0310. The lowest BCUT2D eigenvalue weighted by Crippen LogP contribution is -2.46. The maximum Gasteiger partial charge on any atom is 0.335 e. The maximum atomic E-state index is 11.3. The number of nitrogens with zero attached hydrogens (tertiary/aromatic N) is 1. The van der Waals surface area contributed by atoms with Crippen LogP contribution in [0.2, 0.25) is 0 Å². The van der Waals surface area contributed by atoms with Crippen LogP contribution < -0.4 is 10.1 Å². The van der Waals surface area contributed by atoms with Gasteiger partial charge in [0.05, 0.1) is 11.1 Å². The molecule has 0 bridgehead atoms. The molecule has 188 valence electrons. The number of carboxylic acids is 1. The molecule has 0 heterocycles. The molecular weight excluding hydrogens is 464 g/mol. The van der Waals surface area contributed by atoms with E-state index in [1.54, 1.807) is 36.4 Å². The summed E-state index contributed by atoms with van der Waals surface area (Å²) >= 11 is 0. The van der Waals surface area contributed by atoms with Gasteiger partial charge in [0, 0.05) is 12.1 Å². The number of carboxylic acid groups (broad SMARTS) is 1. The Morgan fingerprint density at radius 3 is 2.49 bits per heavy atom. The lowest BCUT2D eigenvalue weighted by molar-refractivity contribution is 0.0697. The third-order valence-electron chi connectivity index (χ3n) is 6.25. The average Bonchev–Trinajstić information content (AvgIpc) is 2.90. The number of ether oxygens (including phenoxy) is 1. The van der Waals surface area contributed by atoms with Gasteiger partial charge in [0.15, 0.2) is 0 Å². The number of aliphatic hydroxyl groups excluding tert-OH is 1. The summed E-state index contributed by atoms with van der Waals surface area (Å²) in [7, 11) is 0. The van der Waals surface area contributed by atoms with Crippen LogP contribution in [0.5, 0.6) is 5.75 Å². The maximum absolute atomic E-state index is 11.3. The van der Waals surface area contributed by atoms with Crippen molar-refractivity contribution in [3.05, 3.63) is 102 Å². The van der Waals surface area contributed by atoms with Crippen LogP contribution in [0.1, 0.15) is 35.3 Å². The van der Waals surface area contributed by atoms with Crippen LogP contribution in [0, 0.1) is 11.3 Å². The van der Waals surface area contributed by atoms with E-state index < -0.39 is 12.1 Å². The Labute approximate surface area is 216 Å². The topological polar surface area (TPSA) is 103 Å². The standard InChI is InChI=1S/C31H30N2O4/c1-31(2,17-21-10-11-22-6-3-4-7-23(22)14-21)33-19-28(34)20-37-29-13-12-25(16-27(29)18-32)24-8-5-9-26(15-24)30(35)36/h3-16,28,33-34H,17,19-20H2,1-2H3,(H,35,36). The van der Waals surface area contributed by atoms with E-state index >= 15 is 0 Å². The summed E-state index contributed by atoms with van der Waals surface area (Å²) in [6.45, 7) is 4.56. The molecule has 4 aromatic rings. The molecule has 1 unspecified atom stereocenters. The number of aliphatic hydroxyl groups is 1. The van der Waals surface area contributed by atoms with Gasteiger partial charge in [-0.3, -0.25) is 0 Å². The van der Waals surface area contributed by atoms with E-state index in [0.717, 1.165) is 6.42 Å². The first-order valence-electron chi connectivity index (χ1n) is 12.2. The smallest absolute Gasteiger partial charge is 0.335 e. The first-order chi connectivity index (χ1) is 17.7. The molecule has 6 heteroatoms. The zero-order valence-electron chi connectivity index (χ0n) is 20.9. The molecule has 3 N–H and O–H groups in total. The lowest BCUT2D eigenvalue weighted by atomic mass is 9.93. The zero-order valence-corrected chi connectivity index (χ0v) is 20.9. The van der Waals surface area contributed by atoms with Gasteiger partial charge < -0.3 is 20.3 Å². The predicted octanol–water partition coefficient (Wildman–Crippen LogP) is 5.43. The van der Waals surface area contributed by atoms with Crippen molar-refractivity contribution in [3.63, 3.8) is 0 Å². The SMILES string of the molecule is CC(C)(Cc1ccc2ccccc2c1)NCC(O)COc1ccc(-c2cccc(C(=O)O)c2)cc1C#N. The van der Waals surface area contributed by atoms with Gasteiger partial charge in [0.25, 0.3) is 0 Å². The number of hydrogen-bond acceptors (Lipinski definition) is 5. The molecule has 6 nitrogen and oxygen atoms in total. The number of nitriles is 1. The largest absolute Gasteiger partial charge is 0.489 e. The van der Waals surface area contributed by atoms with Gasteiger partial charge in [0.1, 0.15) is 24.5 Å². The molecule has 1 atom stereocenters. The quantitative estimate of drug-likeness (QED) is 0.272. The first kappa shape index (κ1) is 25.9. The highest BCUT2D eigenvalue weighted by Crippen LogP contribution is 2.27. The first-order valence-corrected chi connectivity index (χ1v) is 12.2. The van der Waals surface area contributed by atoms with E-state index in [1.165, 1.54) is 22.4 Å². The van der Waals surface area contributed by atoms with Crippen LogP contribution >= 0.6 is 0 Å². The number of rotatable bonds is 10. The van der Waals surface area contributed by atoms with Crippen LogP contribution in [0.3, 0.4) is 0 Å². The molecule has 4 aromatic carbocycles. The molecule has 37 heavy (non-hydrogen) atoms. The van der Waals surface area contributed by atoms with Crippen molar-refractivity contribution in [1.82, 2.24) is 5.32 Å². The van der Waals surface area contributed by atoms with Gasteiger partial charge in [-0.2, -0.15) is 5.26 Å². The number of benzene rings is 4. The normalized spacial score (nSPS) is 12.2. The molecule has 0 aliphatic rings. The van der Waals surface area contributed by atoms with Crippen molar-refractivity contribution in [2.45, 2.75) is 31.9 Å². The summed E-state index contributed by atoms with van der Waals surface area (Å²) in [5.41, 5.74) is 2.87. The van der Waals surface area contributed by atoms with Gasteiger partial charge in [-0.15, -0.1) is 0 Å². The van der Waals surface area contributed by atoms with Crippen LogP contribution in [0.25, 0.3) is 21.9 Å². The second-order valence-electron chi connectivity index (χ2n) is 9.80. The van der Waals surface area contributed by atoms with E-state index in [-0.39, 0.29) is 17.7 Å². The summed E-state index contributed by atoms with van der Waals surface area (Å²) in [5, 5.41) is 35.2. The van der Waals surface area contributed by atoms with Crippen LogP contribution in [0.4, 0.5) is 0 Å². The molecule has 4 rings (SSSR count). The molecule has 0 saturated heterocycles. The van der Waals surface area contributed by atoms with E-state index in [4.69, 9.17) is 4.74 Å². The molecule has 0 fully saturated rings. The minimum absolute atomic E-state index is 0.0293. The number of hydrogen-bond donors (Lipinski definition) is 3. The molecule has 0 aliphatic heterocycles. The molecule has 0 saturated carbocycles. The number of nitrogens with one attached hydrogen (secondary N) is 1. The fourth-order valence-electron chi connectivity index (χ4n) is 4.32. The van der Waals surface area contributed by atoms with Crippen molar-refractivity contribution in [2.24, 2.45) is 0 Å². The minimum Gasteiger partial charge on any atom is -0.489 e. The Morgan fingerprint density at radius 2 is 1.73 bits per heavy atom. The fourth-order valence-corrected chi connectivity index (χ4v) is 4.32. The van der Waals surface area contributed by atoms with Gasteiger partial charge >= 0.3 is 5.97 Å². The third kappa shape index (κ3) is 6.73. The van der Waals surface area contributed by atoms with Gasteiger partial charge in [-0.05, 0) is 72.0 Å². The highest BCUT2D eigenvalue weighted by molar-refractivity contribution is 5.89. The van der Waals surface area contributed by atoms with E-state index in [1.807, 2.05) is 12.1 Å². The number of β-amino-alcohol motifs (C(OH)–C–C–N with tert-alkyl or cyclic N) is 1. The van der Waals surface area contributed by atoms with Crippen molar-refractivity contribution < 1.29 is 19.7 Å². The van der Waals surface area contributed by atoms with Crippen LogP contribution in [0.15, 0.2) is 84.9 Å². The monoisotopic (exact) mass is 494 g/mol. The number of fused-ring (bicyclic) bond motifs is 1. The summed E-state index contributed by atoms with van der Waals surface area (Å²) in [5.74, 6) is -0.638. The van der Waals surface area contributed by atoms with Gasteiger partial charge in [-0.25, -0.2) is 4.79 Å². The molecular formula is C31H30N2O4. The molecule has 0 spiro atoms. The Kier molecular flexibility index (Phi) is 7.88. The Morgan fingerprint density at radius 1 is 0.973 bits per heavy atom. The molecule has 0 amide bonds. The van der Waals surface area contributed by atoms with Crippen LogP contribution in [-0.4, -0.2) is 41.0 Å². The summed E-state index contributed by atoms with van der Waals surface area (Å²) < 4.78 is 5.77. The van der Waals surface area contributed by atoms with Crippen molar-refractivity contribution >= 4 is 16.7 Å². The Balaban J connectivity index is 1.34. The fraction of sp³-hybridized carbons (Fsp3) is 0.226. The predicted molar refractivity (Wildman–Crippen MR) is 145 cm³/mol. The van der Waals surface area contributed by atoms with Gasteiger partial charge in [0.2, 0.25) is 0 Å². The third-order valence-corrected chi connectivity index (χ3v) is 6.25. The Bertz CT molecular complexity index is 1460. The van der Waals surface area contributed by atoms with Crippen molar-refractivity contribution in [2.75, 3.05) is 13.2 Å². The summed E-state index contributed by atoms with van der Waals surface area (Å²) in [6, 6.07) is 28.5. The minimum atomic E-state index is -1.01. The van der Waals surface area contributed by atoms with E-state index in [9.17, 15) is 20.3 Å². The average molecular weight is 495 g/mol. The zero-order chi connectivity index (χ0) is 26.4. The van der Waals surface area contributed by atoms with Crippen molar-refractivity contribution in [3.8, 4) is 22.9 Å². The molecule has 0 radical (unpaired) electrons. The van der Waals surface area contributed by atoms with E-state index in [2.05, 4.69) is 55.6 Å². The second-order valence-corrected chi connectivity index (χ2v) is 9.80. The highest BCUT2D eigenvalue weighted by Gasteiger charge is 2.20. The lowest BCUT2D eigenvalue weighted by Gasteiger charge is -2.28. The van der Waals surface area contributed by atoms with Gasteiger partial charge in [-0.1, -0.05) is 60.7 Å². The summed E-state index contributed by atoms with van der Waals surface area (Å²) in [4.78, 5) is 11.3. The number of aromatic carboxylic acids is 1. The second kappa shape index (κ2) is 11.3. The molecule has 0 aromatic heterocycles. The van der Waals surface area contributed by atoms with E-state index in [0.29, 0.717) is 29.0 Å². The van der Waals surface area contributed by atoms with Crippen molar-refractivity contribution in [1.29, 1.82) is 5.26 Å².